The average molecular weight is 369 g/mol. The number of nitrogens with zero attached hydrogens (tertiary/aromatic N) is 1. The average Bonchev–Trinajstić information content (AvgIpc) is 3.39. The first-order valence-electron chi connectivity index (χ1n) is 9.31. The summed E-state index contributed by atoms with van der Waals surface area (Å²) in [5.41, 5.74) is 0.574. The first-order valence-corrected chi connectivity index (χ1v) is 9.31. The van der Waals surface area contributed by atoms with Crippen molar-refractivity contribution in [2.45, 2.75) is 57.7 Å². The van der Waals surface area contributed by atoms with E-state index in [9.17, 15) is 18.0 Å². The van der Waals surface area contributed by atoms with Crippen molar-refractivity contribution in [3.05, 3.63) is 29.8 Å². The molecule has 3 rings (SSSR count). The fraction of sp³-hybridized carbons (Fsp3) is 0.650. The molecule has 1 unspecified atom stereocenters. The molecule has 0 radical (unpaired) electrons. The molecule has 1 aromatic carbocycles. The number of alkyl halides is 3. The number of rotatable bonds is 5. The highest BCUT2D eigenvalue weighted by Gasteiger charge is 2.45. The van der Waals surface area contributed by atoms with Gasteiger partial charge in [-0.15, -0.1) is 13.2 Å². The highest BCUT2D eigenvalue weighted by atomic mass is 19.4. The van der Waals surface area contributed by atoms with Gasteiger partial charge in [0.2, 0.25) is 5.91 Å². The molecule has 1 aromatic rings. The van der Waals surface area contributed by atoms with E-state index >= 15 is 0 Å². The van der Waals surface area contributed by atoms with E-state index in [1.165, 1.54) is 12.1 Å². The SMILES string of the molecule is CC1CCN(C(=O)CC(C)(c2ccc(OC(F)(F)F)cc2)C2CC2)CC1. The van der Waals surface area contributed by atoms with Crippen LogP contribution < -0.4 is 4.74 Å². The quantitative estimate of drug-likeness (QED) is 0.739. The van der Waals surface area contributed by atoms with Gasteiger partial charge in [-0.25, -0.2) is 0 Å². The van der Waals surface area contributed by atoms with Crippen molar-refractivity contribution in [1.82, 2.24) is 4.90 Å². The molecule has 0 aromatic heterocycles. The zero-order valence-electron chi connectivity index (χ0n) is 15.3. The van der Waals surface area contributed by atoms with Crippen molar-refractivity contribution in [2.24, 2.45) is 11.8 Å². The molecule has 3 nitrogen and oxygen atoms in total. The van der Waals surface area contributed by atoms with Crippen LogP contribution >= 0.6 is 0 Å². The third-order valence-electron chi connectivity index (χ3n) is 5.88. The van der Waals surface area contributed by atoms with Crippen LogP contribution in [0.15, 0.2) is 24.3 Å². The number of hydrogen-bond donors (Lipinski definition) is 0. The Morgan fingerprint density at radius 3 is 2.19 bits per heavy atom. The molecule has 0 N–H and O–H groups in total. The second-order valence-electron chi connectivity index (χ2n) is 8.00. The van der Waals surface area contributed by atoms with Crippen LogP contribution in [-0.4, -0.2) is 30.3 Å². The Morgan fingerprint density at radius 2 is 1.69 bits per heavy atom. The van der Waals surface area contributed by atoms with Crippen LogP contribution in [0.3, 0.4) is 0 Å². The van der Waals surface area contributed by atoms with Gasteiger partial charge >= 0.3 is 6.36 Å². The third kappa shape index (κ3) is 4.51. The van der Waals surface area contributed by atoms with Crippen LogP contribution in [0.4, 0.5) is 13.2 Å². The molecule has 1 aliphatic carbocycles. The highest BCUT2D eigenvalue weighted by Crippen LogP contribution is 2.50. The number of halogens is 3. The van der Waals surface area contributed by atoms with Crippen molar-refractivity contribution in [3.8, 4) is 5.75 Å². The van der Waals surface area contributed by atoms with Gasteiger partial charge in [0.15, 0.2) is 0 Å². The van der Waals surface area contributed by atoms with E-state index in [4.69, 9.17) is 0 Å². The van der Waals surface area contributed by atoms with Gasteiger partial charge < -0.3 is 9.64 Å². The maximum absolute atomic E-state index is 12.8. The third-order valence-corrected chi connectivity index (χ3v) is 5.88. The van der Waals surface area contributed by atoms with E-state index in [1.807, 2.05) is 4.90 Å². The molecule has 0 bridgehead atoms. The second kappa shape index (κ2) is 7.12. The first kappa shape index (κ1) is 19.1. The van der Waals surface area contributed by atoms with Crippen molar-refractivity contribution >= 4 is 5.91 Å². The summed E-state index contributed by atoms with van der Waals surface area (Å²) < 4.78 is 41.0. The van der Waals surface area contributed by atoms with Gasteiger partial charge in [-0.05, 0) is 55.2 Å². The Bertz CT molecular complexity index is 631. The number of carbonyl (C=O) groups excluding carboxylic acids is 1. The maximum Gasteiger partial charge on any atom is 0.573 e. The van der Waals surface area contributed by atoms with Gasteiger partial charge in [-0.3, -0.25) is 4.79 Å². The number of carbonyl (C=O) groups is 1. The largest absolute Gasteiger partial charge is 0.573 e. The summed E-state index contributed by atoms with van der Waals surface area (Å²) in [6.45, 7) is 5.88. The Hall–Kier alpha value is -1.72. The monoisotopic (exact) mass is 369 g/mol. The summed E-state index contributed by atoms with van der Waals surface area (Å²) in [5, 5.41) is 0. The molecule has 2 aliphatic rings. The number of likely N-dealkylation sites (tertiary alicyclic amines) is 1. The Morgan fingerprint density at radius 1 is 1.12 bits per heavy atom. The van der Waals surface area contributed by atoms with E-state index in [2.05, 4.69) is 18.6 Å². The van der Waals surface area contributed by atoms with Crippen LogP contribution in [0.2, 0.25) is 0 Å². The van der Waals surface area contributed by atoms with Gasteiger partial charge in [0.05, 0.1) is 0 Å². The van der Waals surface area contributed by atoms with Gasteiger partial charge in [0.25, 0.3) is 0 Å². The van der Waals surface area contributed by atoms with Crippen molar-refractivity contribution in [2.75, 3.05) is 13.1 Å². The molecule has 1 saturated heterocycles. The van der Waals surface area contributed by atoms with Crippen LogP contribution in [0.5, 0.6) is 5.75 Å². The molecule has 144 valence electrons. The molecule has 1 amide bonds. The summed E-state index contributed by atoms with van der Waals surface area (Å²) in [7, 11) is 0. The Labute approximate surface area is 152 Å². The lowest BCUT2D eigenvalue weighted by Crippen LogP contribution is -2.41. The predicted molar refractivity (Wildman–Crippen MR) is 92.8 cm³/mol. The molecule has 1 aliphatic heterocycles. The summed E-state index contributed by atoms with van der Waals surface area (Å²) in [5.74, 6) is 0.997. The number of hydrogen-bond acceptors (Lipinski definition) is 2. The summed E-state index contributed by atoms with van der Waals surface area (Å²) in [6.07, 6.45) is -0.0951. The zero-order chi connectivity index (χ0) is 18.9. The van der Waals surface area contributed by atoms with Gasteiger partial charge in [-0.2, -0.15) is 0 Å². The van der Waals surface area contributed by atoms with E-state index in [-0.39, 0.29) is 17.1 Å². The Balaban J connectivity index is 1.72. The predicted octanol–water partition coefficient (Wildman–Crippen LogP) is 4.90. The number of piperidine rings is 1. The van der Waals surface area contributed by atoms with Crippen molar-refractivity contribution < 1.29 is 22.7 Å². The Kier molecular flexibility index (Phi) is 5.22. The molecular weight excluding hydrogens is 343 g/mol. The number of ether oxygens (including phenoxy) is 1. The molecule has 0 spiro atoms. The molecule has 6 heteroatoms. The zero-order valence-corrected chi connectivity index (χ0v) is 15.3. The van der Waals surface area contributed by atoms with Gasteiger partial charge in [0.1, 0.15) is 5.75 Å². The fourth-order valence-electron chi connectivity index (χ4n) is 3.92. The lowest BCUT2D eigenvalue weighted by atomic mass is 9.74. The topological polar surface area (TPSA) is 29.5 Å². The maximum atomic E-state index is 12.8. The minimum atomic E-state index is -4.69. The van der Waals surface area contributed by atoms with Crippen LogP contribution in [0, 0.1) is 11.8 Å². The summed E-state index contributed by atoms with van der Waals surface area (Å²) in [4.78, 5) is 14.8. The highest BCUT2D eigenvalue weighted by molar-refractivity contribution is 5.78. The van der Waals surface area contributed by atoms with Crippen molar-refractivity contribution in [3.63, 3.8) is 0 Å². The molecule has 1 saturated carbocycles. The van der Waals surface area contributed by atoms with Gasteiger partial charge in [-0.1, -0.05) is 26.0 Å². The van der Waals surface area contributed by atoms with E-state index < -0.39 is 6.36 Å². The lowest BCUT2D eigenvalue weighted by molar-refractivity contribution is -0.274. The van der Waals surface area contributed by atoms with E-state index in [0.717, 1.165) is 44.3 Å². The molecular formula is C20H26F3NO2. The molecule has 26 heavy (non-hydrogen) atoms. The minimum absolute atomic E-state index is 0.155. The van der Waals surface area contributed by atoms with Crippen molar-refractivity contribution in [1.29, 1.82) is 0 Å². The minimum Gasteiger partial charge on any atom is -0.406 e. The second-order valence-corrected chi connectivity index (χ2v) is 8.00. The normalized spacial score (nSPS) is 21.3. The smallest absolute Gasteiger partial charge is 0.406 e. The van der Waals surface area contributed by atoms with Crippen LogP contribution in [0.1, 0.15) is 51.5 Å². The first-order chi connectivity index (χ1) is 12.2. The summed E-state index contributed by atoms with van der Waals surface area (Å²) in [6, 6.07) is 6.03. The molecule has 1 atom stereocenters. The number of amides is 1. The van der Waals surface area contributed by atoms with E-state index in [1.54, 1.807) is 12.1 Å². The van der Waals surface area contributed by atoms with Crippen LogP contribution in [0.25, 0.3) is 0 Å². The van der Waals surface area contributed by atoms with Gasteiger partial charge in [0, 0.05) is 24.9 Å². The van der Waals surface area contributed by atoms with Crippen LogP contribution in [-0.2, 0) is 10.2 Å². The summed E-state index contributed by atoms with van der Waals surface area (Å²) >= 11 is 0. The lowest BCUT2D eigenvalue weighted by Gasteiger charge is -2.35. The standard InChI is InChI=1S/C20H26F3NO2/c1-14-9-11-24(12-10-14)18(25)13-19(2,15-3-4-15)16-5-7-17(8-6-16)26-20(21,22)23/h5-8,14-15H,3-4,9-13H2,1-2H3. The molecule has 1 heterocycles. The molecule has 2 fully saturated rings. The number of benzene rings is 1. The van der Waals surface area contributed by atoms with E-state index in [0.29, 0.717) is 18.3 Å². The fourth-order valence-corrected chi connectivity index (χ4v) is 3.92.